The Morgan fingerprint density at radius 2 is 1.73 bits per heavy atom. The zero-order valence-corrected chi connectivity index (χ0v) is 18.6. The lowest BCUT2D eigenvalue weighted by Gasteiger charge is -2.34. The number of carbonyl (C=O) groups is 2. The molecule has 3 rings (SSSR count). The zero-order chi connectivity index (χ0) is 21.7. The minimum absolute atomic E-state index is 0.131. The van der Waals surface area contributed by atoms with Gasteiger partial charge in [0.25, 0.3) is 5.91 Å². The lowest BCUT2D eigenvalue weighted by Crippen LogP contribution is -2.45. The second-order valence-electron chi connectivity index (χ2n) is 8.54. The number of nitrogens with one attached hydrogen (secondary N) is 1. The molecule has 1 amide bonds. The number of benzene rings is 1. The van der Waals surface area contributed by atoms with Gasteiger partial charge in [-0.2, -0.15) is 4.31 Å². The minimum Gasteiger partial charge on any atom is -0.455 e. The summed E-state index contributed by atoms with van der Waals surface area (Å²) >= 11 is 0. The first-order valence-corrected chi connectivity index (χ1v) is 12.2. The molecule has 7 nitrogen and oxygen atoms in total. The number of ether oxygens (including phenoxy) is 1. The number of sulfonamides is 1. The lowest BCUT2D eigenvalue weighted by atomic mass is 9.78. The van der Waals surface area contributed by atoms with E-state index < -0.39 is 16.0 Å². The Morgan fingerprint density at radius 1 is 1.07 bits per heavy atom. The average molecular weight is 437 g/mol. The number of esters is 1. The van der Waals surface area contributed by atoms with Crippen LogP contribution in [0.3, 0.4) is 0 Å². The predicted molar refractivity (Wildman–Crippen MR) is 113 cm³/mol. The number of hydrogen-bond acceptors (Lipinski definition) is 5. The van der Waals surface area contributed by atoms with E-state index in [1.54, 1.807) is 30.3 Å². The predicted octanol–water partition coefficient (Wildman–Crippen LogP) is 2.57. The van der Waals surface area contributed by atoms with E-state index in [9.17, 15) is 18.0 Å². The first-order chi connectivity index (χ1) is 14.3. The molecule has 8 heteroatoms. The van der Waals surface area contributed by atoms with E-state index in [1.165, 1.54) is 10.7 Å². The number of piperidine rings is 1. The van der Waals surface area contributed by atoms with Crippen LogP contribution in [0.5, 0.6) is 0 Å². The lowest BCUT2D eigenvalue weighted by molar-refractivity contribution is -0.154. The van der Waals surface area contributed by atoms with Crippen LogP contribution < -0.4 is 5.32 Å². The largest absolute Gasteiger partial charge is 0.455 e. The van der Waals surface area contributed by atoms with E-state index in [0.29, 0.717) is 24.7 Å². The molecule has 1 saturated heterocycles. The van der Waals surface area contributed by atoms with E-state index in [2.05, 4.69) is 19.2 Å². The molecule has 1 aromatic rings. The van der Waals surface area contributed by atoms with Gasteiger partial charge in [-0.05, 0) is 43.2 Å². The zero-order valence-electron chi connectivity index (χ0n) is 17.7. The van der Waals surface area contributed by atoms with E-state index in [1.807, 2.05) is 0 Å². The smallest absolute Gasteiger partial charge is 0.309 e. The van der Waals surface area contributed by atoms with Crippen molar-refractivity contribution >= 4 is 21.9 Å². The standard InChI is InChI=1S/C22H32N2O5S/c1-16-7-6-10-20(17(16)2)23-21(25)15-29-22(26)18-11-13-24(14-12-18)30(27,28)19-8-4-3-5-9-19/h3-5,8-9,16-18,20H,6-7,10-15H2,1-2H3,(H,23,25). The Labute approximate surface area is 179 Å². The third-order valence-corrected chi connectivity index (χ3v) is 8.48. The second kappa shape index (κ2) is 9.92. The summed E-state index contributed by atoms with van der Waals surface area (Å²) in [7, 11) is -3.55. The van der Waals surface area contributed by atoms with Gasteiger partial charge in [0.2, 0.25) is 10.0 Å². The van der Waals surface area contributed by atoms with Crippen molar-refractivity contribution in [2.24, 2.45) is 17.8 Å². The fourth-order valence-corrected chi connectivity index (χ4v) is 5.85. The monoisotopic (exact) mass is 436 g/mol. The van der Waals surface area contributed by atoms with Crippen LogP contribution in [0.25, 0.3) is 0 Å². The van der Waals surface area contributed by atoms with E-state index in [4.69, 9.17) is 4.74 Å². The number of nitrogens with zero attached hydrogens (tertiary/aromatic N) is 1. The molecular formula is C22H32N2O5S. The summed E-state index contributed by atoms with van der Waals surface area (Å²) in [5.74, 6) is -0.0859. The van der Waals surface area contributed by atoms with Crippen LogP contribution in [-0.2, 0) is 24.3 Å². The van der Waals surface area contributed by atoms with Crippen LogP contribution in [-0.4, -0.2) is 50.3 Å². The van der Waals surface area contributed by atoms with E-state index in [0.717, 1.165) is 12.8 Å². The van der Waals surface area contributed by atoms with Gasteiger partial charge >= 0.3 is 5.97 Å². The molecule has 166 valence electrons. The number of rotatable bonds is 6. The van der Waals surface area contributed by atoms with E-state index in [-0.39, 0.29) is 42.5 Å². The molecule has 0 spiro atoms. The first kappa shape index (κ1) is 22.7. The number of amides is 1. The summed E-state index contributed by atoms with van der Waals surface area (Å²) in [6.07, 6.45) is 4.02. The summed E-state index contributed by atoms with van der Waals surface area (Å²) < 4.78 is 32.0. The molecule has 3 atom stereocenters. The van der Waals surface area contributed by atoms with Gasteiger partial charge in [-0.15, -0.1) is 0 Å². The molecule has 1 aliphatic carbocycles. The summed E-state index contributed by atoms with van der Waals surface area (Å²) in [5.41, 5.74) is 0. The SMILES string of the molecule is CC1CCCC(NC(=O)COC(=O)C2CCN(S(=O)(=O)c3ccccc3)CC2)C1C. The maximum absolute atomic E-state index is 12.7. The summed E-state index contributed by atoms with van der Waals surface area (Å²) in [6.45, 7) is 4.60. The van der Waals surface area contributed by atoms with Crippen LogP contribution in [0.2, 0.25) is 0 Å². The van der Waals surface area contributed by atoms with Crippen molar-refractivity contribution in [2.45, 2.75) is 56.9 Å². The van der Waals surface area contributed by atoms with Crippen molar-refractivity contribution in [3.05, 3.63) is 30.3 Å². The molecule has 0 bridgehead atoms. The highest BCUT2D eigenvalue weighted by molar-refractivity contribution is 7.89. The molecule has 3 unspecified atom stereocenters. The molecule has 1 aromatic carbocycles. The van der Waals surface area contributed by atoms with Gasteiger partial charge in [0.05, 0.1) is 10.8 Å². The van der Waals surface area contributed by atoms with Crippen molar-refractivity contribution in [1.82, 2.24) is 9.62 Å². The molecule has 1 heterocycles. The molecule has 1 N–H and O–H groups in total. The van der Waals surface area contributed by atoms with Crippen LogP contribution in [0.1, 0.15) is 46.0 Å². The summed E-state index contributed by atoms with van der Waals surface area (Å²) in [4.78, 5) is 24.8. The van der Waals surface area contributed by atoms with Crippen molar-refractivity contribution in [3.8, 4) is 0 Å². The Kier molecular flexibility index (Phi) is 7.52. The molecule has 2 fully saturated rings. The van der Waals surface area contributed by atoms with Gasteiger partial charge in [0, 0.05) is 19.1 Å². The quantitative estimate of drug-likeness (QED) is 0.692. The molecule has 1 saturated carbocycles. The van der Waals surface area contributed by atoms with Gasteiger partial charge in [0.1, 0.15) is 0 Å². The fourth-order valence-electron chi connectivity index (χ4n) is 4.36. The highest BCUT2D eigenvalue weighted by Crippen LogP contribution is 2.29. The third kappa shape index (κ3) is 5.40. The Balaban J connectivity index is 1.44. The van der Waals surface area contributed by atoms with Gasteiger partial charge in [-0.3, -0.25) is 9.59 Å². The Hall–Kier alpha value is -1.93. The molecule has 0 radical (unpaired) electrons. The van der Waals surface area contributed by atoms with Crippen molar-refractivity contribution in [3.63, 3.8) is 0 Å². The van der Waals surface area contributed by atoms with Crippen LogP contribution in [0.15, 0.2) is 35.2 Å². The van der Waals surface area contributed by atoms with Gasteiger partial charge < -0.3 is 10.1 Å². The van der Waals surface area contributed by atoms with Gasteiger partial charge in [-0.1, -0.05) is 44.9 Å². The molecule has 1 aliphatic heterocycles. The fraction of sp³-hybridized carbons (Fsp3) is 0.636. The molecule has 30 heavy (non-hydrogen) atoms. The minimum atomic E-state index is -3.55. The summed E-state index contributed by atoms with van der Waals surface area (Å²) in [6, 6.07) is 8.43. The normalized spacial score (nSPS) is 26.1. The highest BCUT2D eigenvalue weighted by atomic mass is 32.2. The molecule has 2 aliphatic rings. The Bertz CT molecular complexity index is 834. The Morgan fingerprint density at radius 3 is 2.40 bits per heavy atom. The number of carbonyl (C=O) groups excluding carboxylic acids is 2. The average Bonchev–Trinajstić information content (AvgIpc) is 2.76. The van der Waals surface area contributed by atoms with E-state index >= 15 is 0 Å². The maximum atomic E-state index is 12.7. The van der Waals surface area contributed by atoms with Crippen LogP contribution in [0.4, 0.5) is 0 Å². The number of hydrogen-bond donors (Lipinski definition) is 1. The maximum Gasteiger partial charge on any atom is 0.309 e. The van der Waals surface area contributed by atoms with Crippen molar-refractivity contribution < 1.29 is 22.7 Å². The van der Waals surface area contributed by atoms with Crippen LogP contribution >= 0.6 is 0 Å². The second-order valence-corrected chi connectivity index (χ2v) is 10.5. The van der Waals surface area contributed by atoms with Gasteiger partial charge in [0.15, 0.2) is 6.61 Å². The summed E-state index contributed by atoms with van der Waals surface area (Å²) in [5, 5.41) is 3.00. The highest BCUT2D eigenvalue weighted by Gasteiger charge is 2.33. The van der Waals surface area contributed by atoms with Crippen molar-refractivity contribution in [1.29, 1.82) is 0 Å². The van der Waals surface area contributed by atoms with Crippen LogP contribution in [0, 0.1) is 17.8 Å². The van der Waals surface area contributed by atoms with Gasteiger partial charge in [-0.25, -0.2) is 8.42 Å². The first-order valence-electron chi connectivity index (χ1n) is 10.8. The topological polar surface area (TPSA) is 92.8 Å². The van der Waals surface area contributed by atoms with Crippen molar-refractivity contribution in [2.75, 3.05) is 19.7 Å². The molecule has 0 aromatic heterocycles. The third-order valence-electron chi connectivity index (χ3n) is 6.57. The molecular weight excluding hydrogens is 404 g/mol.